The van der Waals surface area contributed by atoms with E-state index in [0.29, 0.717) is 13.0 Å². The van der Waals surface area contributed by atoms with Crippen LogP contribution in [0.25, 0.3) is 0 Å². The van der Waals surface area contributed by atoms with Gasteiger partial charge in [-0.15, -0.1) is 0 Å². The Morgan fingerprint density at radius 3 is 2.70 bits per heavy atom. The molecule has 1 aromatic carbocycles. The second-order valence-electron chi connectivity index (χ2n) is 5.92. The maximum absolute atomic E-state index is 12.0. The average molecular weight is 275 g/mol. The topological polar surface area (TPSA) is 58.4 Å². The highest BCUT2D eigenvalue weighted by atomic mass is 16.1. The Kier molecular flexibility index (Phi) is 5.15. The number of amides is 1. The molecule has 2 unspecified atom stereocenters. The standard InChI is InChI=1S/C16H25N3O/c1-12-10-19(11-13(12)2)7-6-16(20)18-15-5-3-4-14(8-15)9-17/h3-5,8,12-13H,6-7,9-11,17H2,1-2H3,(H,18,20). The van der Waals surface area contributed by atoms with Crippen LogP contribution in [0.1, 0.15) is 25.8 Å². The Morgan fingerprint density at radius 1 is 1.35 bits per heavy atom. The summed E-state index contributed by atoms with van der Waals surface area (Å²) in [5.41, 5.74) is 7.46. The molecular weight excluding hydrogens is 250 g/mol. The fourth-order valence-corrected chi connectivity index (χ4v) is 2.69. The molecule has 0 radical (unpaired) electrons. The predicted octanol–water partition coefficient (Wildman–Crippen LogP) is 2.06. The molecule has 0 saturated carbocycles. The molecule has 110 valence electrons. The summed E-state index contributed by atoms with van der Waals surface area (Å²) in [6.45, 7) is 8.12. The Morgan fingerprint density at radius 2 is 2.05 bits per heavy atom. The lowest BCUT2D eigenvalue weighted by molar-refractivity contribution is -0.116. The Bertz CT molecular complexity index is 451. The predicted molar refractivity (Wildman–Crippen MR) is 82.3 cm³/mol. The molecule has 2 rings (SSSR count). The summed E-state index contributed by atoms with van der Waals surface area (Å²) in [6, 6.07) is 7.71. The Labute approximate surface area is 121 Å². The molecule has 4 nitrogen and oxygen atoms in total. The molecule has 1 aromatic rings. The molecule has 1 fully saturated rings. The first-order valence-corrected chi connectivity index (χ1v) is 7.39. The maximum Gasteiger partial charge on any atom is 0.225 e. The summed E-state index contributed by atoms with van der Waals surface area (Å²) in [6.07, 6.45) is 0.548. The van der Waals surface area contributed by atoms with Crippen molar-refractivity contribution in [2.24, 2.45) is 17.6 Å². The van der Waals surface area contributed by atoms with Crippen LogP contribution in [0.4, 0.5) is 5.69 Å². The van der Waals surface area contributed by atoms with Gasteiger partial charge >= 0.3 is 0 Å². The normalized spacial score (nSPS) is 22.9. The van der Waals surface area contributed by atoms with Gasteiger partial charge in [-0.25, -0.2) is 0 Å². The minimum absolute atomic E-state index is 0.0753. The molecule has 1 amide bonds. The van der Waals surface area contributed by atoms with Gasteiger partial charge in [0, 0.05) is 38.3 Å². The van der Waals surface area contributed by atoms with Gasteiger partial charge < -0.3 is 16.0 Å². The minimum Gasteiger partial charge on any atom is -0.326 e. The van der Waals surface area contributed by atoms with Gasteiger partial charge in [0.25, 0.3) is 0 Å². The van der Waals surface area contributed by atoms with Gasteiger partial charge in [-0.05, 0) is 29.5 Å². The first-order chi connectivity index (χ1) is 9.58. The van der Waals surface area contributed by atoms with Gasteiger partial charge in [-0.2, -0.15) is 0 Å². The monoisotopic (exact) mass is 275 g/mol. The zero-order chi connectivity index (χ0) is 14.5. The van der Waals surface area contributed by atoms with Crippen LogP contribution in [0.5, 0.6) is 0 Å². The van der Waals surface area contributed by atoms with E-state index in [1.807, 2.05) is 24.3 Å². The van der Waals surface area contributed by atoms with Crippen molar-refractivity contribution in [2.75, 3.05) is 25.0 Å². The van der Waals surface area contributed by atoms with E-state index in [0.717, 1.165) is 42.7 Å². The van der Waals surface area contributed by atoms with Crippen LogP contribution in [-0.4, -0.2) is 30.4 Å². The van der Waals surface area contributed by atoms with Gasteiger partial charge in [-0.3, -0.25) is 4.79 Å². The fraction of sp³-hybridized carbons (Fsp3) is 0.562. The van der Waals surface area contributed by atoms with Crippen LogP contribution in [0.2, 0.25) is 0 Å². The van der Waals surface area contributed by atoms with Gasteiger partial charge in [0.05, 0.1) is 0 Å². The SMILES string of the molecule is CC1CN(CCC(=O)Nc2cccc(CN)c2)CC1C. The molecule has 1 aliphatic heterocycles. The van der Waals surface area contributed by atoms with E-state index in [1.165, 1.54) is 0 Å². The largest absolute Gasteiger partial charge is 0.326 e. The molecule has 4 heteroatoms. The smallest absolute Gasteiger partial charge is 0.225 e. The second kappa shape index (κ2) is 6.86. The molecular formula is C16H25N3O. The number of benzene rings is 1. The molecule has 1 saturated heterocycles. The maximum atomic E-state index is 12.0. The van der Waals surface area contributed by atoms with Gasteiger partial charge in [-0.1, -0.05) is 26.0 Å². The number of nitrogens with one attached hydrogen (secondary N) is 1. The summed E-state index contributed by atoms with van der Waals surface area (Å²) >= 11 is 0. The lowest BCUT2D eigenvalue weighted by atomic mass is 10.0. The summed E-state index contributed by atoms with van der Waals surface area (Å²) in [4.78, 5) is 14.3. The minimum atomic E-state index is 0.0753. The third kappa shape index (κ3) is 4.05. The van der Waals surface area contributed by atoms with Crippen molar-refractivity contribution < 1.29 is 4.79 Å². The molecule has 2 atom stereocenters. The lowest BCUT2D eigenvalue weighted by Gasteiger charge is -2.15. The number of nitrogens with zero attached hydrogens (tertiary/aromatic N) is 1. The highest BCUT2D eigenvalue weighted by molar-refractivity contribution is 5.90. The lowest BCUT2D eigenvalue weighted by Crippen LogP contribution is -2.26. The van der Waals surface area contributed by atoms with E-state index in [2.05, 4.69) is 24.1 Å². The summed E-state index contributed by atoms with van der Waals surface area (Å²) in [7, 11) is 0. The van der Waals surface area contributed by atoms with Crippen molar-refractivity contribution in [3.05, 3.63) is 29.8 Å². The quantitative estimate of drug-likeness (QED) is 0.865. The van der Waals surface area contributed by atoms with E-state index in [-0.39, 0.29) is 5.91 Å². The molecule has 0 bridgehead atoms. The second-order valence-corrected chi connectivity index (χ2v) is 5.92. The van der Waals surface area contributed by atoms with Crippen LogP contribution >= 0.6 is 0 Å². The van der Waals surface area contributed by atoms with Crippen LogP contribution in [0.15, 0.2) is 24.3 Å². The molecule has 3 N–H and O–H groups in total. The third-order valence-corrected chi connectivity index (χ3v) is 4.17. The van der Waals surface area contributed by atoms with Gasteiger partial charge in [0.15, 0.2) is 0 Å². The number of anilines is 1. The van der Waals surface area contributed by atoms with Crippen molar-refractivity contribution in [3.63, 3.8) is 0 Å². The first kappa shape index (κ1) is 15.0. The van der Waals surface area contributed by atoms with Gasteiger partial charge in [0.1, 0.15) is 0 Å². The zero-order valence-electron chi connectivity index (χ0n) is 12.4. The molecule has 1 aliphatic rings. The molecule has 20 heavy (non-hydrogen) atoms. The van der Waals surface area contributed by atoms with E-state index in [1.54, 1.807) is 0 Å². The number of carbonyl (C=O) groups excluding carboxylic acids is 1. The van der Waals surface area contributed by atoms with Crippen molar-refractivity contribution in [3.8, 4) is 0 Å². The zero-order valence-corrected chi connectivity index (χ0v) is 12.4. The van der Waals surface area contributed by atoms with Crippen molar-refractivity contribution in [2.45, 2.75) is 26.8 Å². The highest BCUT2D eigenvalue weighted by Crippen LogP contribution is 2.22. The number of hydrogen-bond donors (Lipinski definition) is 2. The van der Waals surface area contributed by atoms with Crippen molar-refractivity contribution >= 4 is 11.6 Å². The molecule has 0 aromatic heterocycles. The van der Waals surface area contributed by atoms with Crippen molar-refractivity contribution in [1.29, 1.82) is 0 Å². The van der Waals surface area contributed by atoms with E-state index in [9.17, 15) is 4.79 Å². The van der Waals surface area contributed by atoms with Crippen molar-refractivity contribution in [1.82, 2.24) is 4.90 Å². The first-order valence-electron chi connectivity index (χ1n) is 7.39. The summed E-state index contributed by atoms with van der Waals surface area (Å²) < 4.78 is 0. The molecule has 0 spiro atoms. The molecule has 1 heterocycles. The van der Waals surface area contributed by atoms with E-state index < -0.39 is 0 Å². The van der Waals surface area contributed by atoms with Gasteiger partial charge in [0.2, 0.25) is 5.91 Å². The van der Waals surface area contributed by atoms with Crippen LogP contribution < -0.4 is 11.1 Å². The summed E-state index contributed by atoms with van der Waals surface area (Å²) in [5.74, 6) is 1.55. The third-order valence-electron chi connectivity index (χ3n) is 4.17. The summed E-state index contributed by atoms with van der Waals surface area (Å²) in [5, 5.41) is 2.94. The number of likely N-dealkylation sites (tertiary alicyclic amines) is 1. The van der Waals surface area contributed by atoms with Crippen LogP contribution in [0.3, 0.4) is 0 Å². The Hall–Kier alpha value is -1.39. The number of hydrogen-bond acceptors (Lipinski definition) is 3. The van der Waals surface area contributed by atoms with E-state index in [4.69, 9.17) is 5.73 Å². The fourth-order valence-electron chi connectivity index (χ4n) is 2.69. The number of nitrogens with two attached hydrogens (primary N) is 1. The number of carbonyl (C=O) groups is 1. The van der Waals surface area contributed by atoms with Crippen LogP contribution in [0, 0.1) is 11.8 Å². The van der Waals surface area contributed by atoms with Crippen LogP contribution in [-0.2, 0) is 11.3 Å². The van der Waals surface area contributed by atoms with E-state index >= 15 is 0 Å². The highest BCUT2D eigenvalue weighted by Gasteiger charge is 2.25. The average Bonchev–Trinajstić information content (AvgIpc) is 2.76. The Balaban J connectivity index is 1.78. The number of rotatable bonds is 5. The molecule has 0 aliphatic carbocycles.